The maximum atomic E-state index is 5.67. The van der Waals surface area contributed by atoms with Crippen molar-refractivity contribution in [3.63, 3.8) is 0 Å². The zero-order valence-corrected chi connectivity index (χ0v) is 10.5. The van der Waals surface area contributed by atoms with Gasteiger partial charge in [-0.05, 0) is 18.1 Å². The molecule has 0 aliphatic carbocycles. The summed E-state index contributed by atoms with van der Waals surface area (Å²) in [5, 5.41) is 6.85. The second kappa shape index (κ2) is 6.62. The van der Waals surface area contributed by atoms with E-state index < -0.39 is 0 Å². The number of rotatable bonds is 5. The molecule has 1 heterocycles. The molecule has 1 aromatic rings. The predicted molar refractivity (Wildman–Crippen MR) is 71.5 cm³/mol. The topological polar surface area (TPSA) is 33.3 Å². The predicted octanol–water partition coefficient (Wildman–Crippen LogP) is 2.04. The van der Waals surface area contributed by atoms with E-state index in [-0.39, 0.29) is 0 Å². The average Bonchev–Trinajstić information content (AvgIpc) is 2.39. The van der Waals surface area contributed by atoms with Crippen molar-refractivity contribution in [3.8, 4) is 0 Å². The molecule has 17 heavy (non-hydrogen) atoms. The first-order valence-electron chi connectivity index (χ1n) is 6.54. The van der Waals surface area contributed by atoms with Crippen molar-refractivity contribution in [2.45, 2.75) is 25.9 Å². The molecule has 1 aliphatic heterocycles. The molecule has 3 heteroatoms. The lowest BCUT2D eigenvalue weighted by Gasteiger charge is -2.24. The van der Waals surface area contributed by atoms with Gasteiger partial charge in [0.15, 0.2) is 0 Å². The van der Waals surface area contributed by atoms with Gasteiger partial charge in [0.2, 0.25) is 0 Å². The van der Waals surface area contributed by atoms with Crippen molar-refractivity contribution in [2.75, 3.05) is 31.6 Å². The second-order valence-electron chi connectivity index (χ2n) is 4.48. The Morgan fingerprint density at radius 2 is 2.29 bits per heavy atom. The van der Waals surface area contributed by atoms with Crippen molar-refractivity contribution in [2.24, 2.45) is 0 Å². The smallest absolute Gasteiger partial charge is 0.0872 e. The van der Waals surface area contributed by atoms with Gasteiger partial charge in [0.05, 0.1) is 12.7 Å². The van der Waals surface area contributed by atoms with Gasteiger partial charge < -0.3 is 15.4 Å². The molecule has 2 N–H and O–H groups in total. The van der Waals surface area contributed by atoms with E-state index >= 15 is 0 Å². The maximum absolute atomic E-state index is 5.67. The number of ether oxygens (including phenoxy) is 1. The number of morpholine rings is 1. The van der Waals surface area contributed by atoms with Crippen molar-refractivity contribution in [1.29, 1.82) is 0 Å². The van der Waals surface area contributed by atoms with Gasteiger partial charge in [-0.15, -0.1) is 0 Å². The van der Waals surface area contributed by atoms with Crippen molar-refractivity contribution in [3.05, 3.63) is 29.8 Å². The van der Waals surface area contributed by atoms with E-state index in [0.29, 0.717) is 6.10 Å². The molecule has 94 valence electrons. The molecule has 0 aromatic heterocycles. The Morgan fingerprint density at radius 3 is 3.06 bits per heavy atom. The van der Waals surface area contributed by atoms with E-state index in [1.54, 1.807) is 0 Å². The molecule has 0 bridgehead atoms. The highest BCUT2D eigenvalue weighted by Crippen LogP contribution is 2.16. The molecule has 0 saturated carbocycles. The van der Waals surface area contributed by atoms with Gasteiger partial charge in [-0.25, -0.2) is 0 Å². The number of benzene rings is 1. The minimum Gasteiger partial charge on any atom is -0.382 e. The third-order valence-electron chi connectivity index (χ3n) is 3.06. The van der Waals surface area contributed by atoms with Crippen LogP contribution in [-0.4, -0.2) is 32.3 Å². The van der Waals surface area contributed by atoms with Crippen LogP contribution in [-0.2, 0) is 11.2 Å². The largest absolute Gasteiger partial charge is 0.382 e. The molecule has 2 rings (SSSR count). The lowest BCUT2D eigenvalue weighted by Crippen LogP contribution is -2.42. The molecule has 1 aromatic carbocycles. The third-order valence-corrected chi connectivity index (χ3v) is 3.06. The summed E-state index contributed by atoms with van der Waals surface area (Å²) >= 11 is 0. The zero-order chi connectivity index (χ0) is 11.9. The van der Waals surface area contributed by atoms with Crippen LogP contribution in [0.25, 0.3) is 0 Å². The minimum atomic E-state index is 0.290. The number of hydrogen-bond donors (Lipinski definition) is 2. The summed E-state index contributed by atoms with van der Waals surface area (Å²) in [7, 11) is 0. The van der Waals surface area contributed by atoms with Gasteiger partial charge in [-0.3, -0.25) is 0 Å². The first-order chi connectivity index (χ1) is 8.40. The summed E-state index contributed by atoms with van der Waals surface area (Å²) in [6.45, 7) is 5.84. The van der Waals surface area contributed by atoms with Crippen LogP contribution in [0.4, 0.5) is 5.69 Å². The number of para-hydroxylation sites is 1. The molecule has 0 amide bonds. The molecule has 0 radical (unpaired) electrons. The van der Waals surface area contributed by atoms with Crippen LogP contribution in [0.5, 0.6) is 0 Å². The average molecular weight is 234 g/mol. The Balaban J connectivity index is 1.88. The third kappa shape index (κ3) is 3.72. The van der Waals surface area contributed by atoms with Crippen LogP contribution < -0.4 is 10.6 Å². The molecular weight excluding hydrogens is 212 g/mol. The first kappa shape index (κ1) is 12.4. The van der Waals surface area contributed by atoms with E-state index in [9.17, 15) is 0 Å². The quantitative estimate of drug-likeness (QED) is 0.818. The van der Waals surface area contributed by atoms with Gasteiger partial charge in [0, 0.05) is 25.3 Å². The summed E-state index contributed by atoms with van der Waals surface area (Å²) < 4.78 is 5.67. The Labute approximate surface area is 104 Å². The van der Waals surface area contributed by atoms with Crippen LogP contribution in [0.2, 0.25) is 0 Å². The SMILES string of the molecule is CCCc1ccccc1NCC1CNCCO1. The van der Waals surface area contributed by atoms with E-state index in [1.165, 1.54) is 17.7 Å². The standard InChI is InChI=1S/C14H22N2O/c1-2-5-12-6-3-4-7-14(12)16-11-13-10-15-8-9-17-13/h3-4,6-7,13,15-16H,2,5,8-11H2,1H3. The van der Waals surface area contributed by atoms with E-state index in [4.69, 9.17) is 4.74 Å². The van der Waals surface area contributed by atoms with Gasteiger partial charge in [-0.1, -0.05) is 31.5 Å². The van der Waals surface area contributed by atoms with Crippen LogP contribution in [0.15, 0.2) is 24.3 Å². The summed E-state index contributed by atoms with van der Waals surface area (Å²) in [4.78, 5) is 0. The van der Waals surface area contributed by atoms with Crippen molar-refractivity contribution in [1.82, 2.24) is 5.32 Å². The Kier molecular flexibility index (Phi) is 4.83. The van der Waals surface area contributed by atoms with Crippen LogP contribution >= 0.6 is 0 Å². The number of nitrogens with one attached hydrogen (secondary N) is 2. The highest BCUT2D eigenvalue weighted by atomic mass is 16.5. The Bertz CT molecular complexity index is 335. The molecule has 1 aliphatic rings. The molecule has 1 atom stereocenters. The lowest BCUT2D eigenvalue weighted by atomic mass is 10.1. The summed E-state index contributed by atoms with van der Waals surface area (Å²) in [6.07, 6.45) is 2.60. The molecule has 1 fully saturated rings. The van der Waals surface area contributed by atoms with Gasteiger partial charge in [0.1, 0.15) is 0 Å². The molecule has 0 spiro atoms. The fourth-order valence-corrected chi connectivity index (χ4v) is 2.15. The molecule has 3 nitrogen and oxygen atoms in total. The molecular formula is C14H22N2O. The number of aryl methyl sites for hydroxylation is 1. The van der Waals surface area contributed by atoms with Crippen LogP contribution in [0.1, 0.15) is 18.9 Å². The number of hydrogen-bond acceptors (Lipinski definition) is 3. The van der Waals surface area contributed by atoms with Crippen molar-refractivity contribution < 1.29 is 4.74 Å². The minimum absolute atomic E-state index is 0.290. The van der Waals surface area contributed by atoms with E-state index in [0.717, 1.165) is 32.7 Å². The van der Waals surface area contributed by atoms with Gasteiger partial charge in [-0.2, -0.15) is 0 Å². The van der Waals surface area contributed by atoms with Gasteiger partial charge in [0.25, 0.3) is 0 Å². The Hall–Kier alpha value is -1.06. The highest BCUT2D eigenvalue weighted by molar-refractivity contribution is 5.51. The summed E-state index contributed by atoms with van der Waals surface area (Å²) in [6, 6.07) is 8.55. The van der Waals surface area contributed by atoms with Crippen LogP contribution in [0, 0.1) is 0 Å². The van der Waals surface area contributed by atoms with Gasteiger partial charge >= 0.3 is 0 Å². The van der Waals surface area contributed by atoms with E-state index in [2.05, 4.69) is 41.8 Å². The van der Waals surface area contributed by atoms with Crippen LogP contribution in [0.3, 0.4) is 0 Å². The first-order valence-corrected chi connectivity index (χ1v) is 6.54. The second-order valence-corrected chi connectivity index (χ2v) is 4.48. The van der Waals surface area contributed by atoms with E-state index in [1.807, 2.05) is 0 Å². The fourth-order valence-electron chi connectivity index (χ4n) is 2.15. The highest BCUT2D eigenvalue weighted by Gasteiger charge is 2.13. The number of anilines is 1. The summed E-state index contributed by atoms with van der Waals surface area (Å²) in [5.41, 5.74) is 2.65. The Morgan fingerprint density at radius 1 is 1.41 bits per heavy atom. The summed E-state index contributed by atoms with van der Waals surface area (Å²) in [5.74, 6) is 0. The monoisotopic (exact) mass is 234 g/mol. The molecule has 1 saturated heterocycles. The maximum Gasteiger partial charge on any atom is 0.0872 e. The normalized spacial score (nSPS) is 20.2. The van der Waals surface area contributed by atoms with Crippen molar-refractivity contribution >= 4 is 5.69 Å². The zero-order valence-electron chi connectivity index (χ0n) is 10.5. The lowest BCUT2D eigenvalue weighted by molar-refractivity contribution is 0.0372. The molecule has 1 unspecified atom stereocenters. The fraction of sp³-hybridized carbons (Fsp3) is 0.571.